The lowest BCUT2D eigenvalue weighted by atomic mass is 9.70. The SMILES string of the molecule is CC(=O)c1cc2c3c(c1)[C@H]1C=CC[C@@H]1[C@H](c1cccc([N+](=O)[O-])c1)N3C[C@H]1CC=C[C@H]21. The van der Waals surface area contributed by atoms with Crippen molar-refractivity contribution < 1.29 is 9.72 Å². The zero-order chi connectivity index (χ0) is 21.3. The molecule has 2 aromatic carbocycles. The third kappa shape index (κ3) is 2.65. The number of ketones is 1. The van der Waals surface area contributed by atoms with Gasteiger partial charge in [0.25, 0.3) is 5.69 Å². The minimum atomic E-state index is -0.303. The van der Waals surface area contributed by atoms with Crippen LogP contribution in [-0.2, 0) is 0 Å². The molecule has 4 aliphatic rings. The molecule has 5 heteroatoms. The van der Waals surface area contributed by atoms with E-state index in [2.05, 4.69) is 41.3 Å². The number of rotatable bonds is 3. The molecule has 5 nitrogen and oxygen atoms in total. The molecule has 0 saturated carbocycles. The molecule has 0 spiro atoms. The Morgan fingerprint density at radius 2 is 1.81 bits per heavy atom. The van der Waals surface area contributed by atoms with Crippen molar-refractivity contribution in [3.63, 3.8) is 0 Å². The van der Waals surface area contributed by atoms with E-state index in [4.69, 9.17) is 0 Å². The van der Waals surface area contributed by atoms with Crippen LogP contribution >= 0.6 is 0 Å². The lowest BCUT2D eigenvalue weighted by Gasteiger charge is -2.51. The lowest BCUT2D eigenvalue weighted by molar-refractivity contribution is -0.384. The van der Waals surface area contributed by atoms with Crippen molar-refractivity contribution >= 4 is 17.2 Å². The Labute approximate surface area is 181 Å². The fourth-order valence-corrected chi connectivity index (χ4v) is 6.38. The molecule has 0 radical (unpaired) electrons. The van der Waals surface area contributed by atoms with E-state index in [1.54, 1.807) is 19.1 Å². The summed E-state index contributed by atoms with van der Waals surface area (Å²) >= 11 is 0. The highest BCUT2D eigenvalue weighted by Crippen LogP contribution is 2.59. The van der Waals surface area contributed by atoms with Gasteiger partial charge >= 0.3 is 0 Å². The smallest absolute Gasteiger partial charge is 0.269 e. The van der Waals surface area contributed by atoms with E-state index in [-0.39, 0.29) is 28.4 Å². The van der Waals surface area contributed by atoms with Gasteiger partial charge in [0.1, 0.15) is 0 Å². The second-order valence-corrected chi connectivity index (χ2v) is 9.31. The van der Waals surface area contributed by atoms with Crippen LogP contribution in [0.15, 0.2) is 60.7 Å². The molecule has 2 aliphatic heterocycles. The number of carbonyl (C=O) groups excluding carboxylic acids is 1. The van der Waals surface area contributed by atoms with Gasteiger partial charge < -0.3 is 4.90 Å². The van der Waals surface area contributed by atoms with E-state index in [1.807, 2.05) is 12.1 Å². The summed E-state index contributed by atoms with van der Waals surface area (Å²) < 4.78 is 0. The average Bonchev–Trinajstić information content (AvgIpc) is 3.43. The van der Waals surface area contributed by atoms with E-state index in [1.165, 1.54) is 16.8 Å². The maximum Gasteiger partial charge on any atom is 0.269 e. The summed E-state index contributed by atoms with van der Waals surface area (Å²) in [7, 11) is 0. The fraction of sp³-hybridized carbons (Fsp3) is 0.346. The van der Waals surface area contributed by atoms with Crippen LogP contribution in [0.5, 0.6) is 0 Å². The van der Waals surface area contributed by atoms with Gasteiger partial charge in [-0.3, -0.25) is 14.9 Å². The number of allylic oxidation sites excluding steroid dienone is 4. The van der Waals surface area contributed by atoms with Crippen LogP contribution in [0.4, 0.5) is 11.4 Å². The Bertz CT molecular complexity index is 1160. The summed E-state index contributed by atoms with van der Waals surface area (Å²) in [6.07, 6.45) is 11.1. The molecular formula is C26H24N2O3. The topological polar surface area (TPSA) is 63.4 Å². The van der Waals surface area contributed by atoms with Crippen molar-refractivity contribution in [3.05, 3.63) is 93.1 Å². The Morgan fingerprint density at radius 1 is 1.06 bits per heavy atom. The first-order chi connectivity index (χ1) is 15.0. The van der Waals surface area contributed by atoms with Crippen LogP contribution in [-0.4, -0.2) is 17.3 Å². The molecule has 2 aromatic rings. The first-order valence-electron chi connectivity index (χ1n) is 11.1. The van der Waals surface area contributed by atoms with Crippen LogP contribution < -0.4 is 4.90 Å². The molecule has 0 N–H and O–H groups in total. The van der Waals surface area contributed by atoms with Gasteiger partial charge in [0.15, 0.2) is 5.78 Å². The van der Waals surface area contributed by atoms with Gasteiger partial charge in [-0.2, -0.15) is 0 Å². The number of nitro groups is 1. The van der Waals surface area contributed by atoms with Crippen LogP contribution in [0, 0.1) is 22.0 Å². The number of nitro benzene ring substituents is 1. The molecule has 0 unspecified atom stereocenters. The Hall–Kier alpha value is -3.21. The second kappa shape index (κ2) is 6.64. The average molecular weight is 412 g/mol. The van der Waals surface area contributed by atoms with E-state index < -0.39 is 0 Å². The van der Waals surface area contributed by atoms with Gasteiger partial charge in [-0.1, -0.05) is 36.4 Å². The molecule has 5 atom stereocenters. The molecule has 0 aromatic heterocycles. The summed E-state index contributed by atoms with van der Waals surface area (Å²) in [5, 5.41) is 11.5. The van der Waals surface area contributed by atoms with Gasteiger partial charge in [0, 0.05) is 41.8 Å². The van der Waals surface area contributed by atoms with Crippen LogP contribution in [0.1, 0.15) is 64.7 Å². The number of hydrogen-bond acceptors (Lipinski definition) is 4. The third-order valence-corrected chi connectivity index (χ3v) is 7.68. The molecule has 31 heavy (non-hydrogen) atoms. The van der Waals surface area contributed by atoms with Crippen molar-refractivity contribution in [1.29, 1.82) is 0 Å². The summed E-state index contributed by atoms with van der Waals surface area (Å²) in [5.41, 5.74) is 5.72. The molecule has 6 rings (SSSR count). The lowest BCUT2D eigenvalue weighted by Crippen LogP contribution is -2.46. The molecule has 0 amide bonds. The number of non-ortho nitro benzene ring substituents is 1. The van der Waals surface area contributed by atoms with Crippen molar-refractivity contribution in [2.75, 3.05) is 11.4 Å². The minimum absolute atomic E-state index is 0.0934. The number of fused-ring (bicyclic) bond motifs is 4. The zero-order valence-corrected chi connectivity index (χ0v) is 17.4. The van der Waals surface area contributed by atoms with Gasteiger partial charge in [-0.05, 0) is 60.4 Å². The first-order valence-corrected chi connectivity index (χ1v) is 11.1. The molecule has 2 aliphatic carbocycles. The van der Waals surface area contributed by atoms with Gasteiger partial charge in [0.2, 0.25) is 0 Å². The molecule has 2 heterocycles. The van der Waals surface area contributed by atoms with Crippen LogP contribution in [0.3, 0.4) is 0 Å². The number of carbonyl (C=O) groups is 1. The monoisotopic (exact) mass is 412 g/mol. The number of nitrogens with zero attached hydrogens (tertiary/aromatic N) is 2. The summed E-state index contributed by atoms with van der Waals surface area (Å²) in [6.45, 7) is 2.58. The number of anilines is 1. The van der Waals surface area contributed by atoms with Crippen LogP contribution in [0.2, 0.25) is 0 Å². The predicted octanol–water partition coefficient (Wildman–Crippen LogP) is 5.69. The van der Waals surface area contributed by atoms with Crippen molar-refractivity contribution in [2.45, 2.75) is 37.6 Å². The quantitative estimate of drug-likeness (QED) is 0.281. The highest BCUT2D eigenvalue weighted by Gasteiger charge is 2.48. The molecule has 0 bridgehead atoms. The van der Waals surface area contributed by atoms with Crippen molar-refractivity contribution in [3.8, 4) is 0 Å². The highest BCUT2D eigenvalue weighted by atomic mass is 16.6. The Morgan fingerprint density at radius 3 is 2.58 bits per heavy atom. The number of benzene rings is 2. The summed E-state index contributed by atoms with van der Waals surface area (Å²) in [5.74, 6) is 1.48. The van der Waals surface area contributed by atoms with E-state index >= 15 is 0 Å². The maximum absolute atomic E-state index is 12.4. The predicted molar refractivity (Wildman–Crippen MR) is 120 cm³/mol. The highest BCUT2D eigenvalue weighted by molar-refractivity contribution is 5.96. The molecular weight excluding hydrogens is 388 g/mol. The normalized spacial score (nSPS) is 29.5. The summed E-state index contributed by atoms with van der Waals surface area (Å²) in [4.78, 5) is 26.0. The largest absolute Gasteiger partial charge is 0.363 e. The van der Waals surface area contributed by atoms with Gasteiger partial charge in [-0.15, -0.1) is 0 Å². The third-order valence-electron chi connectivity index (χ3n) is 7.68. The molecule has 0 saturated heterocycles. The zero-order valence-electron chi connectivity index (χ0n) is 17.4. The molecule has 0 fully saturated rings. The van der Waals surface area contributed by atoms with E-state index in [0.717, 1.165) is 30.5 Å². The Balaban J connectivity index is 1.58. The second-order valence-electron chi connectivity index (χ2n) is 9.31. The van der Waals surface area contributed by atoms with Gasteiger partial charge in [-0.25, -0.2) is 0 Å². The summed E-state index contributed by atoms with van der Waals surface area (Å²) in [6, 6.07) is 11.5. The minimum Gasteiger partial charge on any atom is -0.363 e. The van der Waals surface area contributed by atoms with E-state index in [9.17, 15) is 14.9 Å². The Kier molecular flexibility index (Phi) is 3.98. The van der Waals surface area contributed by atoms with Crippen molar-refractivity contribution in [1.82, 2.24) is 0 Å². The number of Topliss-reactive ketones (excluding diaryl/α,β-unsaturated/α-hetero) is 1. The molecule has 156 valence electrons. The maximum atomic E-state index is 12.4. The van der Waals surface area contributed by atoms with Crippen molar-refractivity contribution in [2.24, 2.45) is 11.8 Å². The van der Waals surface area contributed by atoms with Crippen LogP contribution in [0.25, 0.3) is 0 Å². The fourth-order valence-electron chi connectivity index (χ4n) is 6.38. The van der Waals surface area contributed by atoms with E-state index in [0.29, 0.717) is 17.8 Å². The number of hydrogen-bond donors (Lipinski definition) is 0. The van der Waals surface area contributed by atoms with Gasteiger partial charge in [0.05, 0.1) is 11.0 Å². The standard InChI is InChI=1S/C26H24N2O3/c1-15(29)18-12-23-20-8-3-6-17(20)14-27-25(16-5-2-7-19(11-16)28(30)31)22-10-4-9-21(22)24(13-18)26(23)27/h2-5,7-9,11-13,17,20-22,25H,6,10,14H2,1H3/t17-,20+,21+,22+,25+/m1/s1. The first kappa shape index (κ1) is 18.6.